The number of aromatic nitrogens is 4. The van der Waals surface area contributed by atoms with Crippen LogP contribution < -0.4 is 9.47 Å². The number of nitro groups is 1. The molecule has 4 rings (SSSR count). The van der Waals surface area contributed by atoms with Crippen LogP contribution in [0.3, 0.4) is 0 Å². The van der Waals surface area contributed by atoms with E-state index in [9.17, 15) is 10.1 Å². The van der Waals surface area contributed by atoms with Crippen LogP contribution in [0.15, 0.2) is 55.2 Å². The number of nitro benzene ring substituents is 1. The minimum Gasteiger partial charge on any atom is -0.493 e. The Morgan fingerprint density at radius 3 is 2.67 bits per heavy atom. The summed E-state index contributed by atoms with van der Waals surface area (Å²) in [6.07, 6.45) is 7.12. The molecule has 0 N–H and O–H groups in total. The number of hydrogen-bond donors (Lipinski definition) is 0. The number of hydrogen-bond acceptors (Lipinski definition) is 6. The highest BCUT2D eigenvalue weighted by Crippen LogP contribution is 2.37. The second-order valence-corrected chi connectivity index (χ2v) is 5.87. The molecule has 27 heavy (non-hydrogen) atoms. The van der Waals surface area contributed by atoms with Crippen molar-refractivity contribution in [2.24, 2.45) is 7.05 Å². The van der Waals surface area contributed by atoms with Gasteiger partial charge in [0.05, 0.1) is 36.3 Å². The molecule has 0 aliphatic heterocycles. The van der Waals surface area contributed by atoms with Gasteiger partial charge in [-0.2, -0.15) is 5.10 Å². The summed E-state index contributed by atoms with van der Waals surface area (Å²) in [6, 6.07) is 7.87. The Morgan fingerprint density at radius 1 is 1.11 bits per heavy atom. The van der Waals surface area contributed by atoms with Gasteiger partial charge in [0.1, 0.15) is 5.52 Å². The van der Waals surface area contributed by atoms with Crippen LogP contribution in [-0.4, -0.2) is 31.2 Å². The van der Waals surface area contributed by atoms with Gasteiger partial charge in [-0.15, -0.1) is 0 Å². The van der Waals surface area contributed by atoms with Crippen LogP contribution in [0.25, 0.3) is 16.8 Å². The quantitative estimate of drug-likeness (QED) is 0.397. The number of benzene rings is 1. The van der Waals surface area contributed by atoms with E-state index in [2.05, 4.69) is 10.1 Å². The predicted octanol–water partition coefficient (Wildman–Crippen LogP) is 3.44. The number of pyridine rings is 1. The van der Waals surface area contributed by atoms with Gasteiger partial charge in [-0.25, -0.2) is 9.50 Å². The summed E-state index contributed by atoms with van der Waals surface area (Å²) in [7, 11) is 3.33. The molecule has 9 nitrogen and oxygen atoms in total. The average Bonchev–Trinajstić information content (AvgIpc) is 3.30. The van der Waals surface area contributed by atoms with E-state index in [1.165, 1.54) is 25.3 Å². The van der Waals surface area contributed by atoms with Crippen LogP contribution >= 0.6 is 0 Å². The van der Waals surface area contributed by atoms with Crippen molar-refractivity contribution < 1.29 is 14.4 Å². The van der Waals surface area contributed by atoms with Crippen molar-refractivity contribution in [3.05, 3.63) is 65.4 Å². The Morgan fingerprint density at radius 2 is 1.96 bits per heavy atom. The van der Waals surface area contributed by atoms with Gasteiger partial charge in [-0.05, 0) is 18.2 Å². The summed E-state index contributed by atoms with van der Waals surface area (Å²) in [4.78, 5) is 14.8. The van der Waals surface area contributed by atoms with E-state index < -0.39 is 4.92 Å². The molecule has 0 saturated carbocycles. The molecule has 3 aromatic heterocycles. The monoisotopic (exact) mass is 365 g/mol. The van der Waals surface area contributed by atoms with Crippen LogP contribution in [0.2, 0.25) is 0 Å². The fourth-order valence-corrected chi connectivity index (χ4v) is 2.75. The third kappa shape index (κ3) is 3.06. The van der Waals surface area contributed by atoms with Crippen molar-refractivity contribution in [3.8, 4) is 28.5 Å². The van der Waals surface area contributed by atoms with Crippen molar-refractivity contribution in [3.63, 3.8) is 0 Å². The first-order valence-electron chi connectivity index (χ1n) is 8.01. The molecule has 3 heterocycles. The standard InChI is InChI=1S/C18H15N5O4/c1-21-10-14(19-11-21)12-7-17(15-5-6-20-22(15)9-12)27-16-4-3-13(23(24)25)8-18(16)26-2/h3-11H,1-2H3. The molecule has 0 fully saturated rings. The van der Waals surface area contributed by atoms with Crippen molar-refractivity contribution in [2.45, 2.75) is 0 Å². The lowest BCUT2D eigenvalue weighted by Gasteiger charge is -2.12. The molecule has 0 aliphatic rings. The highest BCUT2D eigenvalue weighted by molar-refractivity contribution is 5.69. The number of fused-ring (bicyclic) bond motifs is 1. The predicted molar refractivity (Wildman–Crippen MR) is 97.1 cm³/mol. The van der Waals surface area contributed by atoms with Gasteiger partial charge in [0, 0.05) is 31.1 Å². The molecule has 0 saturated heterocycles. The van der Waals surface area contributed by atoms with Gasteiger partial charge in [0.15, 0.2) is 17.2 Å². The molecular weight excluding hydrogens is 350 g/mol. The lowest BCUT2D eigenvalue weighted by molar-refractivity contribution is -0.384. The van der Waals surface area contributed by atoms with Gasteiger partial charge in [0.2, 0.25) is 0 Å². The highest BCUT2D eigenvalue weighted by atomic mass is 16.6. The number of rotatable bonds is 5. The molecule has 0 radical (unpaired) electrons. The van der Waals surface area contributed by atoms with Crippen molar-refractivity contribution in [1.82, 2.24) is 19.2 Å². The van der Waals surface area contributed by atoms with Gasteiger partial charge in [0.25, 0.3) is 5.69 Å². The van der Waals surface area contributed by atoms with E-state index in [0.717, 1.165) is 16.8 Å². The molecule has 0 spiro atoms. The van der Waals surface area contributed by atoms with Crippen molar-refractivity contribution >= 4 is 11.2 Å². The lowest BCUT2D eigenvalue weighted by atomic mass is 10.2. The fraction of sp³-hybridized carbons (Fsp3) is 0.111. The van der Waals surface area contributed by atoms with Crippen LogP contribution in [-0.2, 0) is 7.05 Å². The fourth-order valence-electron chi connectivity index (χ4n) is 2.75. The van der Waals surface area contributed by atoms with Gasteiger partial charge in [-0.3, -0.25) is 10.1 Å². The number of non-ortho nitro benzene ring substituents is 1. The Hall–Kier alpha value is -3.88. The number of imidazole rings is 1. The van der Waals surface area contributed by atoms with E-state index in [-0.39, 0.29) is 11.4 Å². The van der Waals surface area contributed by atoms with Crippen LogP contribution in [0.1, 0.15) is 0 Å². The highest BCUT2D eigenvalue weighted by Gasteiger charge is 2.16. The topological polar surface area (TPSA) is 96.7 Å². The average molecular weight is 365 g/mol. The summed E-state index contributed by atoms with van der Waals surface area (Å²) in [5.41, 5.74) is 2.27. The van der Waals surface area contributed by atoms with E-state index in [1.54, 1.807) is 17.0 Å². The molecule has 136 valence electrons. The summed E-state index contributed by atoms with van der Waals surface area (Å²) in [5.74, 6) is 1.16. The second-order valence-electron chi connectivity index (χ2n) is 5.87. The molecular formula is C18H15N5O4. The molecule has 1 aromatic carbocycles. The number of ether oxygens (including phenoxy) is 2. The van der Waals surface area contributed by atoms with E-state index in [4.69, 9.17) is 9.47 Å². The Bertz CT molecular complexity index is 1150. The minimum absolute atomic E-state index is 0.0732. The minimum atomic E-state index is -0.483. The first-order chi connectivity index (χ1) is 13.0. The molecule has 9 heteroatoms. The van der Waals surface area contributed by atoms with Crippen LogP contribution in [0, 0.1) is 10.1 Å². The molecule has 4 aromatic rings. The lowest BCUT2D eigenvalue weighted by Crippen LogP contribution is -1.96. The summed E-state index contributed by atoms with van der Waals surface area (Å²) >= 11 is 0. The molecule has 0 aliphatic carbocycles. The van der Waals surface area contributed by atoms with E-state index in [1.807, 2.05) is 36.1 Å². The van der Waals surface area contributed by atoms with Crippen LogP contribution in [0.4, 0.5) is 5.69 Å². The van der Waals surface area contributed by atoms with Crippen LogP contribution in [0.5, 0.6) is 17.2 Å². The van der Waals surface area contributed by atoms with Gasteiger partial charge < -0.3 is 14.0 Å². The van der Waals surface area contributed by atoms with E-state index in [0.29, 0.717) is 11.5 Å². The Balaban J connectivity index is 1.80. The Kier molecular flexibility index (Phi) is 3.96. The smallest absolute Gasteiger partial charge is 0.273 e. The summed E-state index contributed by atoms with van der Waals surface area (Å²) in [6.45, 7) is 0. The zero-order valence-electron chi connectivity index (χ0n) is 14.6. The maximum absolute atomic E-state index is 11.0. The zero-order valence-corrected chi connectivity index (χ0v) is 14.6. The maximum atomic E-state index is 11.0. The summed E-state index contributed by atoms with van der Waals surface area (Å²) < 4.78 is 14.8. The third-order valence-corrected chi connectivity index (χ3v) is 4.05. The molecule has 0 amide bonds. The largest absolute Gasteiger partial charge is 0.493 e. The second kappa shape index (κ2) is 6.45. The number of nitrogens with zero attached hydrogens (tertiary/aromatic N) is 5. The molecule has 0 atom stereocenters. The maximum Gasteiger partial charge on any atom is 0.273 e. The number of aryl methyl sites for hydroxylation is 1. The number of methoxy groups -OCH3 is 1. The normalized spacial score (nSPS) is 10.9. The molecule has 0 bridgehead atoms. The third-order valence-electron chi connectivity index (χ3n) is 4.05. The van der Waals surface area contributed by atoms with Crippen molar-refractivity contribution in [2.75, 3.05) is 7.11 Å². The SMILES string of the molecule is COc1cc([N+](=O)[O-])ccc1Oc1cc(-c2cn(C)cn2)cn2nccc12. The zero-order chi connectivity index (χ0) is 19.0. The Labute approximate surface area is 153 Å². The molecule has 0 unspecified atom stereocenters. The first-order valence-corrected chi connectivity index (χ1v) is 8.01. The van der Waals surface area contributed by atoms with Gasteiger partial charge >= 0.3 is 0 Å². The first kappa shape index (κ1) is 16.6. The van der Waals surface area contributed by atoms with Crippen molar-refractivity contribution in [1.29, 1.82) is 0 Å². The van der Waals surface area contributed by atoms with Gasteiger partial charge in [-0.1, -0.05) is 0 Å². The van der Waals surface area contributed by atoms with E-state index >= 15 is 0 Å². The summed E-state index contributed by atoms with van der Waals surface area (Å²) in [5, 5.41) is 15.2.